The summed E-state index contributed by atoms with van der Waals surface area (Å²) in [5.74, 6) is 0.107. The van der Waals surface area contributed by atoms with Gasteiger partial charge in [-0.2, -0.15) is 13.2 Å². The van der Waals surface area contributed by atoms with Gasteiger partial charge in [0.2, 0.25) is 0 Å². The number of carbonyl (C=O) groups excluding carboxylic acids is 1. The minimum Gasteiger partial charge on any atom is -0.495 e. The van der Waals surface area contributed by atoms with Gasteiger partial charge in [-0.1, -0.05) is 30.3 Å². The maximum absolute atomic E-state index is 13.4. The van der Waals surface area contributed by atoms with Gasteiger partial charge in [-0.3, -0.25) is 4.79 Å². The Morgan fingerprint density at radius 2 is 1.71 bits per heavy atom. The van der Waals surface area contributed by atoms with E-state index in [4.69, 9.17) is 9.15 Å². The number of hydrogen-bond acceptors (Lipinski definition) is 5. The van der Waals surface area contributed by atoms with E-state index in [2.05, 4.69) is 9.88 Å². The van der Waals surface area contributed by atoms with Crippen molar-refractivity contribution >= 4 is 11.6 Å². The SMILES string of the molecule is COc1ccccc1N1CCN(C(=O)c2ncoc2-c2ccccc2C(F)(F)F)CC1. The highest BCUT2D eigenvalue weighted by Crippen LogP contribution is 2.38. The van der Waals surface area contributed by atoms with Crippen LogP contribution in [-0.2, 0) is 6.18 Å². The first kappa shape index (κ1) is 20.8. The van der Waals surface area contributed by atoms with Crippen molar-refractivity contribution in [3.63, 3.8) is 0 Å². The summed E-state index contributed by atoms with van der Waals surface area (Å²) < 4.78 is 50.9. The zero-order valence-corrected chi connectivity index (χ0v) is 16.7. The summed E-state index contributed by atoms with van der Waals surface area (Å²) in [6, 6.07) is 12.6. The molecule has 3 aromatic rings. The summed E-state index contributed by atoms with van der Waals surface area (Å²) in [7, 11) is 1.60. The van der Waals surface area contributed by atoms with Gasteiger partial charge in [-0.25, -0.2) is 4.98 Å². The van der Waals surface area contributed by atoms with Crippen molar-refractivity contribution < 1.29 is 27.1 Å². The van der Waals surface area contributed by atoms with Crippen LogP contribution < -0.4 is 9.64 Å². The van der Waals surface area contributed by atoms with Crippen LogP contribution in [0.15, 0.2) is 59.3 Å². The van der Waals surface area contributed by atoms with Gasteiger partial charge in [0.05, 0.1) is 18.4 Å². The lowest BCUT2D eigenvalue weighted by Gasteiger charge is -2.36. The lowest BCUT2D eigenvalue weighted by molar-refractivity contribution is -0.137. The van der Waals surface area contributed by atoms with E-state index in [-0.39, 0.29) is 17.0 Å². The van der Waals surface area contributed by atoms with E-state index in [9.17, 15) is 18.0 Å². The average Bonchev–Trinajstić information content (AvgIpc) is 3.28. The number of carbonyl (C=O) groups is 1. The molecule has 162 valence electrons. The number of hydrogen-bond donors (Lipinski definition) is 0. The molecule has 0 spiro atoms. The zero-order valence-electron chi connectivity index (χ0n) is 16.7. The van der Waals surface area contributed by atoms with Crippen LogP contribution >= 0.6 is 0 Å². The molecular weight excluding hydrogens is 411 g/mol. The fourth-order valence-electron chi connectivity index (χ4n) is 3.71. The number of aromatic nitrogens is 1. The first-order valence-electron chi connectivity index (χ1n) is 9.67. The molecule has 0 radical (unpaired) electrons. The van der Waals surface area contributed by atoms with E-state index in [0.29, 0.717) is 26.2 Å². The van der Waals surface area contributed by atoms with Crippen LogP contribution in [0.5, 0.6) is 5.75 Å². The van der Waals surface area contributed by atoms with Crippen LogP contribution in [0, 0.1) is 0 Å². The fourth-order valence-corrected chi connectivity index (χ4v) is 3.71. The quantitative estimate of drug-likeness (QED) is 0.616. The molecule has 0 bridgehead atoms. The maximum atomic E-state index is 13.4. The van der Waals surface area contributed by atoms with E-state index < -0.39 is 17.6 Å². The van der Waals surface area contributed by atoms with Gasteiger partial charge >= 0.3 is 6.18 Å². The van der Waals surface area contributed by atoms with Gasteiger partial charge in [0, 0.05) is 31.7 Å². The van der Waals surface area contributed by atoms with Crippen LogP contribution in [0.2, 0.25) is 0 Å². The summed E-state index contributed by atoms with van der Waals surface area (Å²) in [6.45, 7) is 1.89. The molecule has 2 aromatic carbocycles. The Morgan fingerprint density at radius 1 is 1.03 bits per heavy atom. The van der Waals surface area contributed by atoms with Gasteiger partial charge in [0.15, 0.2) is 17.8 Å². The maximum Gasteiger partial charge on any atom is 0.417 e. The van der Waals surface area contributed by atoms with Gasteiger partial charge in [0.1, 0.15) is 5.75 Å². The van der Waals surface area contributed by atoms with Gasteiger partial charge in [0.25, 0.3) is 5.91 Å². The fraction of sp³-hybridized carbons (Fsp3) is 0.273. The highest BCUT2D eigenvalue weighted by molar-refractivity contribution is 5.98. The highest BCUT2D eigenvalue weighted by Gasteiger charge is 2.36. The molecule has 1 aromatic heterocycles. The Hall–Kier alpha value is -3.49. The molecule has 0 atom stereocenters. The number of ether oxygens (including phenoxy) is 1. The van der Waals surface area contributed by atoms with E-state index in [1.165, 1.54) is 18.2 Å². The number of halogens is 3. The molecule has 9 heteroatoms. The Morgan fingerprint density at radius 3 is 2.42 bits per heavy atom. The summed E-state index contributed by atoms with van der Waals surface area (Å²) in [6.07, 6.45) is -3.58. The molecule has 1 saturated heterocycles. The van der Waals surface area contributed by atoms with Crippen molar-refractivity contribution in [3.8, 4) is 17.1 Å². The predicted octanol–water partition coefficient (Wildman–Crippen LogP) is 4.33. The van der Waals surface area contributed by atoms with Gasteiger partial charge in [-0.05, 0) is 18.2 Å². The summed E-state index contributed by atoms with van der Waals surface area (Å²) >= 11 is 0. The second kappa shape index (κ2) is 8.33. The number of rotatable bonds is 4. The van der Waals surface area contributed by atoms with Crippen molar-refractivity contribution in [1.29, 1.82) is 0 Å². The molecular formula is C22H20F3N3O3. The number of nitrogens with zero attached hydrogens (tertiary/aromatic N) is 3. The third-order valence-electron chi connectivity index (χ3n) is 5.24. The summed E-state index contributed by atoms with van der Waals surface area (Å²) in [4.78, 5) is 20.7. The van der Waals surface area contributed by atoms with Crippen molar-refractivity contribution in [1.82, 2.24) is 9.88 Å². The molecule has 0 saturated carbocycles. The largest absolute Gasteiger partial charge is 0.495 e. The molecule has 1 amide bonds. The third-order valence-corrected chi connectivity index (χ3v) is 5.24. The Bertz CT molecular complexity index is 1070. The molecule has 0 unspecified atom stereocenters. The number of amides is 1. The minimum atomic E-state index is -4.58. The van der Waals surface area contributed by atoms with Gasteiger partial charge in [-0.15, -0.1) is 0 Å². The summed E-state index contributed by atoms with van der Waals surface area (Å²) in [5, 5.41) is 0. The molecule has 1 fully saturated rings. The minimum absolute atomic E-state index is 0.123. The number of oxazole rings is 1. The standard InChI is InChI=1S/C22H20F3N3O3/c1-30-18-9-5-4-8-17(18)27-10-12-28(13-11-27)21(29)19-20(31-14-26-19)15-6-2-3-7-16(15)22(23,24)25/h2-9,14H,10-13H2,1H3. The Kier molecular flexibility index (Phi) is 5.58. The van der Waals surface area contributed by atoms with Crippen LogP contribution in [0.4, 0.5) is 18.9 Å². The molecule has 0 aliphatic carbocycles. The van der Waals surface area contributed by atoms with Gasteiger partial charge < -0.3 is 19.0 Å². The Labute approximate surface area is 176 Å². The molecule has 4 rings (SSSR count). The van der Waals surface area contributed by atoms with Crippen LogP contribution in [0.3, 0.4) is 0 Å². The first-order chi connectivity index (χ1) is 14.9. The number of anilines is 1. The van der Waals surface area contributed by atoms with Crippen molar-refractivity contribution in [3.05, 3.63) is 66.2 Å². The molecule has 1 aliphatic rings. The normalized spacial score (nSPS) is 14.6. The van der Waals surface area contributed by atoms with Crippen LogP contribution in [0.25, 0.3) is 11.3 Å². The van der Waals surface area contributed by atoms with Crippen molar-refractivity contribution in [2.24, 2.45) is 0 Å². The number of methoxy groups -OCH3 is 1. The van der Waals surface area contributed by atoms with E-state index in [0.717, 1.165) is 23.9 Å². The number of para-hydroxylation sites is 2. The summed E-state index contributed by atoms with van der Waals surface area (Å²) in [5.41, 5.74) is -0.272. The molecule has 0 N–H and O–H groups in total. The number of piperazine rings is 1. The third kappa shape index (κ3) is 4.08. The monoisotopic (exact) mass is 431 g/mol. The number of benzene rings is 2. The predicted molar refractivity (Wildman–Crippen MR) is 108 cm³/mol. The van der Waals surface area contributed by atoms with Crippen LogP contribution in [0.1, 0.15) is 16.1 Å². The molecule has 6 nitrogen and oxygen atoms in total. The first-order valence-corrected chi connectivity index (χ1v) is 9.67. The lowest BCUT2D eigenvalue weighted by Crippen LogP contribution is -2.49. The lowest BCUT2D eigenvalue weighted by atomic mass is 10.0. The molecule has 31 heavy (non-hydrogen) atoms. The molecule has 1 aliphatic heterocycles. The second-order valence-corrected chi connectivity index (χ2v) is 7.02. The molecule has 2 heterocycles. The zero-order chi connectivity index (χ0) is 22.0. The average molecular weight is 431 g/mol. The second-order valence-electron chi connectivity index (χ2n) is 7.02. The van der Waals surface area contributed by atoms with E-state index in [1.54, 1.807) is 12.0 Å². The smallest absolute Gasteiger partial charge is 0.417 e. The van der Waals surface area contributed by atoms with E-state index in [1.807, 2.05) is 24.3 Å². The van der Waals surface area contributed by atoms with E-state index >= 15 is 0 Å². The number of alkyl halides is 3. The highest BCUT2D eigenvalue weighted by atomic mass is 19.4. The Balaban J connectivity index is 1.54. The topological polar surface area (TPSA) is 58.8 Å². The van der Waals surface area contributed by atoms with Crippen molar-refractivity contribution in [2.45, 2.75) is 6.18 Å². The van der Waals surface area contributed by atoms with Crippen molar-refractivity contribution in [2.75, 3.05) is 38.2 Å². The van der Waals surface area contributed by atoms with Crippen LogP contribution in [-0.4, -0.2) is 49.1 Å².